The summed E-state index contributed by atoms with van der Waals surface area (Å²) < 4.78 is 12.0. The van der Waals surface area contributed by atoms with E-state index in [9.17, 15) is 14.7 Å². The summed E-state index contributed by atoms with van der Waals surface area (Å²) in [7, 11) is 0. The summed E-state index contributed by atoms with van der Waals surface area (Å²) in [6.45, 7) is 4.18. The monoisotopic (exact) mass is 551 g/mol. The topological polar surface area (TPSA) is 80.0 Å². The molecule has 1 amide bonds. The van der Waals surface area contributed by atoms with Gasteiger partial charge in [0.05, 0.1) is 17.0 Å². The lowest BCUT2D eigenvalue weighted by Crippen LogP contribution is -2.56. The summed E-state index contributed by atoms with van der Waals surface area (Å²) in [5.41, 5.74) is 3.69. The van der Waals surface area contributed by atoms with Gasteiger partial charge < -0.3 is 19.2 Å². The molecule has 1 aliphatic heterocycles. The van der Waals surface area contributed by atoms with Gasteiger partial charge in [0, 0.05) is 24.4 Å². The molecule has 6 rings (SSSR count). The fraction of sp³-hybridized carbons (Fsp3) is 0.371. The van der Waals surface area contributed by atoms with Crippen molar-refractivity contribution in [1.82, 2.24) is 4.90 Å². The molecule has 0 radical (unpaired) electrons. The molecule has 3 aromatic carbocycles. The number of piperidine rings is 1. The number of aryl methyl sites for hydroxylation is 2. The quantitative estimate of drug-likeness (QED) is 0.286. The van der Waals surface area contributed by atoms with Crippen LogP contribution in [0.15, 0.2) is 82.0 Å². The predicted octanol–water partition coefficient (Wildman–Crippen LogP) is 6.27. The normalized spacial score (nSPS) is 22.4. The molecule has 2 fully saturated rings. The van der Waals surface area contributed by atoms with Crippen LogP contribution in [-0.2, 0) is 11.2 Å². The molecule has 2 aliphatic rings. The van der Waals surface area contributed by atoms with Crippen molar-refractivity contribution in [2.45, 2.75) is 64.0 Å². The van der Waals surface area contributed by atoms with Gasteiger partial charge in [0.25, 0.3) is 5.91 Å². The molecule has 0 bridgehead atoms. The van der Waals surface area contributed by atoms with Crippen molar-refractivity contribution in [3.63, 3.8) is 0 Å². The molecule has 1 saturated heterocycles. The van der Waals surface area contributed by atoms with Crippen molar-refractivity contribution in [3.8, 4) is 5.75 Å². The highest BCUT2D eigenvalue weighted by Crippen LogP contribution is 2.49. The molecule has 212 valence electrons. The van der Waals surface area contributed by atoms with E-state index in [2.05, 4.69) is 12.1 Å². The van der Waals surface area contributed by atoms with Crippen LogP contribution in [0.2, 0.25) is 0 Å². The van der Waals surface area contributed by atoms with Crippen molar-refractivity contribution in [2.75, 3.05) is 13.2 Å². The Bertz CT molecular complexity index is 1610. The highest BCUT2D eigenvalue weighted by atomic mass is 16.5. The zero-order chi connectivity index (χ0) is 28.6. The van der Waals surface area contributed by atoms with E-state index in [0.29, 0.717) is 41.7 Å². The van der Waals surface area contributed by atoms with Crippen molar-refractivity contribution in [1.29, 1.82) is 0 Å². The molecule has 0 unspecified atom stereocenters. The Labute approximate surface area is 240 Å². The van der Waals surface area contributed by atoms with Gasteiger partial charge in [-0.25, -0.2) is 4.79 Å². The van der Waals surface area contributed by atoms with Gasteiger partial charge in [0.1, 0.15) is 11.3 Å². The Morgan fingerprint density at radius 1 is 1.02 bits per heavy atom. The second-order valence-corrected chi connectivity index (χ2v) is 11.7. The van der Waals surface area contributed by atoms with Crippen molar-refractivity contribution in [3.05, 3.63) is 111 Å². The number of benzene rings is 3. The maximum atomic E-state index is 13.8. The number of hydrogen-bond donors (Lipinski definition) is 1. The van der Waals surface area contributed by atoms with E-state index in [0.717, 1.165) is 47.9 Å². The Morgan fingerprint density at radius 2 is 1.76 bits per heavy atom. The van der Waals surface area contributed by atoms with Gasteiger partial charge in [-0.1, -0.05) is 73.5 Å². The molecule has 2 heterocycles. The van der Waals surface area contributed by atoms with Gasteiger partial charge in [-0.3, -0.25) is 4.79 Å². The largest absolute Gasteiger partial charge is 0.483 e. The molecule has 0 spiro atoms. The van der Waals surface area contributed by atoms with E-state index in [-0.39, 0.29) is 30.1 Å². The molecule has 4 aromatic rings. The summed E-state index contributed by atoms with van der Waals surface area (Å²) in [4.78, 5) is 28.7. The number of fused-ring (bicyclic) bond motifs is 2. The van der Waals surface area contributed by atoms with Gasteiger partial charge in [0.2, 0.25) is 0 Å². The molecule has 1 aromatic heterocycles. The zero-order valence-electron chi connectivity index (χ0n) is 23.8. The van der Waals surface area contributed by atoms with Crippen molar-refractivity contribution >= 4 is 16.9 Å². The second-order valence-electron chi connectivity index (χ2n) is 11.7. The number of likely N-dealkylation sites (tertiary alicyclic amines) is 1. The number of rotatable bonds is 6. The highest BCUT2D eigenvalue weighted by Gasteiger charge is 2.50. The molecule has 1 aliphatic carbocycles. The fourth-order valence-electron chi connectivity index (χ4n) is 7.00. The third-order valence-corrected chi connectivity index (χ3v) is 9.09. The molecule has 3 atom stereocenters. The molecule has 41 heavy (non-hydrogen) atoms. The average molecular weight is 552 g/mol. The van der Waals surface area contributed by atoms with Crippen LogP contribution in [0.1, 0.15) is 66.0 Å². The summed E-state index contributed by atoms with van der Waals surface area (Å²) in [6, 6.07) is 23.5. The van der Waals surface area contributed by atoms with Crippen LogP contribution in [0.25, 0.3) is 11.0 Å². The lowest BCUT2D eigenvalue weighted by atomic mass is 9.66. The Kier molecular flexibility index (Phi) is 7.43. The highest BCUT2D eigenvalue weighted by molar-refractivity contribution is 5.89. The third kappa shape index (κ3) is 5.29. The van der Waals surface area contributed by atoms with E-state index < -0.39 is 5.60 Å². The predicted molar refractivity (Wildman–Crippen MR) is 159 cm³/mol. The number of carbonyl (C=O) groups excluding carboxylic acids is 1. The standard InChI is InChI=1S/C35H37NO5/c1-23-19-29(32-24(2)27(34(38)41-30(32)20-23)21-25-11-5-3-6-12-25)40-22-31(37)36-18-17-35(39)16-10-9-15-28(35)33(36)26-13-7-4-8-14-26/h3-8,11-14,19-20,28,33,39H,9-10,15-18,21-22H2,1-2H3/t28-,33-,35-/m1/s1. The minimum Gasteiger partial charge on any atom is -0.483 e. The number of carbonyl (C=O) groups is 1. The first-order valence-corrected chi connectivity index (χ1v) is 14.6. The second kappa shape index (κ2) is 11.2. The van der Waals surface area contributed by atoms with E-state index >= 15 is 0 Å². The average Bonchev–Trinajstić information content (AvgIpc) is 2.97. The molecule has 6 heteroatoms. The molecule has 1 saturated carbocycles. The first-order valence-electron chi connectivity index (χ1n) is 14.6. The van der Waals surface area contributed by atoms with Gasteiger partial charge in [-0.15, -0.1) is 0 Å². The number of amides is 1. The van der Waals surface area contributed by atoms with E-state index in [1.807, 2.05) is 79.4 Å². The van der Waals surface area contributed by atoms with Crippen LogP contribution in [0.5, 0.6) is 5.75 Å². The third-order valence-electron chi connectivity index (χ3n) is 9.09. The number of hydrogen-bond acceptors (Lipinski definition) is 5. The van der Waals surface area contributed by atoms with Crippen LogP contribution in [0.3, 0.4) is 0 Å². The lowest BCUT2D eigenvalue weighted by molar-refractivity contribution is -0.157. The SMILES string of the molecule is Cc1cc(OCC(=O)N2CC[C@]3(O)CCCC[C@@H]3[C@H]2c2ccccc2)c2c(C)c(Cc3ccccc3)c(=O)oc2c1. The van der Waals surface area contributed by atoms with Gasteiger partial charge in [0.15, 0.2) is 6.61 Å². The van der Waals surface area contributed by atoms with Gasteiger partial charge in [-0.2, -0.15) is 0 Å². The summed E-state index contributed by atoms with van der Waals surface area (Å²) in [5, 5.41) is 12.3. The Balaban J connectivity index is 1.31. The summed E-state index contributed by atoms with van der Waals surface area (Å²) in [6.07, 6.45) is 4.78. The number of ether oxygens (including phenoxy) is 1. The number of nitrogens with zero attached hydrogens (tertiary/aromatic N) is 1. The minimum absolute atomic E-state index is 0.00628. The Hall–Kier alpha value is -3.90. The molecular weight excluding hydrogens is 514 g/mol. The number of aliphatic hydroxyl groups is 1. The molecular formula is C35H37NO5. The maximum Gasteiger partial charge on any atom is 0.340 e. The first-order chi connectivity index (χ1) is 19.8. The van der Waals surface area contributed by atoms with Crippen LogP contribution < -0.4 is 10.4 Å². The van der Waals surface area contributed by atoms with Crippen LogP contribution in [-0.4, -0.2) is 34.7 Å². The molecule has 1 N–H and O–H groups in total. The molecule has 6 nitrogen and oxygen atoms in total. The van der Waals surface area contributed by atoms with Gasteiger partial charge in [-0.05, 0) is 67.5 Å². The van der Waals surface area contributed by atoms with E-state index in [4.69, 9.17) is 9.15 Å². The minimum atomic E-state index is -0.743. The van der Waals surface area contributed by atoms with Crippen LogP contribution in [0, 0.1) is 19.8 Å². The first kappa shape index (κ1) is 27.3. The van der Waals surface area contributed by atoms with E-state index in [1.165, 1.54) is 0 Å². The van der Waals surface area contributed by atoms with Crippen molar-refractivity contribution < 1.29 is 19.1 Å². The van der Waals surface area contributed by atoms with Crippen molar-refractivity contribution in [2.24, 2.45) is 5.92 Å². The van der Waals surface area contributed by atoms with Gasteiger partial charge >= 0.3 is 5.63 Å². The van der Waals surface area contributed by atoms with Crippen LogP contribution in [0.4, 0.5) is 0 Å². The summed E-state index contributed by atoms with van der Waals surface area (Å²) in [5.74, 6) is 0.417. The fourth-order valence-corrected chi connectivity index (χ4v) is 7.00. The van der Waals surface area contributed by atoms with Crippen LogP contribution >= 0.6 is 0 Å². The Morgan fingerprint density at radius 3 is 2.51 bits per heavy atom. The summed E-state index contributed by atoms with van der Waals surface area (Å²) >= 11 is 0. The van der Waals surface area contributed by atoms with E-state index in [1.54, 1.807) is 0 Å². The zero-order valence-corrected chi connectivity index (χ0v) is 23.8. The smallest absolute Gasteiger partial charge is 0.340 e. The maximum absolute atomic E-state index is 13.8. The lowest BCUT2D eigenvalue weighted by Gasteiger charge is -2.52.